The first-order valence-corrected chi connectivity index (χ1v) is 7.70. The first kappa shape index (κ1) is 15.9. The van der Waals surface area contributed by atoms with E-state index in [0.29, 0.717) is 5.92 Å². The Morgan fingerprint density at radius 1 is 1.29 bits per heavy atom. The fourth-order valence-electron chi connectivity index (χ4n) is 2.57. The number of ether oxygens (including phenoxy) is 1. The Bertz CT molecular complexity index is 624. The van der Waals surface area contributed by atoms with Gasteiger partial charge >= 0.3 is 0 Å². The molecular weight excluding hydrogens is 284 g/mol. The van der Waals surface area contributed by atoms with Gasteiger partial charge in [-0.15, -0.1) is 5.10 Å². The maximum absolute atomic E-state index is 5.84. The van der Waals surface area contributed by atoms with E-state index in [9.17, 15) is 0 Å². The van der Waals surface area contributed by atoms with Crippen LogP contribution in [0.1, 0.15) is 53.1 Å². The number of hydrazine groups is 1. The van der Waals surface area contributed by atoms with Crippen LogP contribution in [-0.4, -0.2) is 16.7 Å². The number of hydrogen-bond donors (Lipinski definition) is 2. The second kappa shape index (κ2) is 6.51. The number of aryl methyl sites for hydroxylation is 2. The van der Waals surface area contributed by atoms with Crippen LogP contribution in [0.25, 0.3) is 0 Å². The third-order valence-corrected chi connectivity index (χ3v) is 4.32. The van der Waals surface area contributed by atoms with Gasteiger partial charge in [-0.1, -0.05) is 24.4 Å². The molecule has 1 atom stereocenters. The Labute approximate surface area is 129 Å². The quantitative estimate of drug-likeness (QED) is 0.656. The lowest BCUT2D eigenvalue weighted by Gasteiger charge is -2.22. The summed E-state index contributed by atoms with van der Waals surface area (Å²) in [6.07, 6.45) is 0. The summed E-state index contributed by atoms with van der Waals surface area (Å²) in [5.41, 5.74) is 7.22. The standard InChI is InChI=1S/C15H22N4OS/c1-8(2)13-15(21-19-18-13)14(17-16)12-10(4)6-9(3)7-11(12)20-5/h6-8,14,17H,16H2,1-5H3. The van der Waals surface area contributed by atoms with E-state index in [-0.39, 0.29) is 6.04 Å². The molecule has 1 aromatic carbocycles. The van der Waals surface area contributed by atoms with Gasteiger partial charge in [0.1, 0.15) is 5.75 Å². The molecule has 0 fully saturated rings. The van der Waals surface area contributed by atoms with Crippen LogP contribution in [-0.2, 0) is 0 Å². The van der Waals surface area contributed by atoms with E-state index in [0.717, 1.165) is 33.0 Å². The average molecular weight is 306 g/mol. The van der Waals surface area contributed by atoms with Gasteiger partial charge in [0.05, 0.1) is 23.7 Å². The van der Waals surface area contributed by atoms with Gasteiger partial charge in [-0.3, -0.25) is 5.84 Å². The normalized spacial score (nSPS) is 12.7. The molecule has 2 aromatic rings. The van der Waals surface area contributed by atoms with Gasteiger partial charge in [0, 0.05) is 5.56 Å². The number of nitrogens with zero attached hydrogens (tertiary/aromatic N) is 2. The van der Waals surface area contributed by atoms with Crippen LogP contribution in [0.5, 0.6) is 5.75 Å². The molecule has 0 bridgehead atoms. The molecule has 0 aliphatic rings. The number of methoxy groups -OCH3 is 1. The summed E-state index contributed by atoms with van der Waals surface area (Å²) in [4.78, 5) is 1.04. The molecule has 3 N–H and O–H groups in total. The van der Waals surface area contributed by atoms with E-state index in [4.69, 9.17) is 10.6 Å². The molecule has 1 aromatic heterocycles. The molecule has 114 valence electrons. The van der Waals surface area contributed by atoms with E-state index in [1.54, 1.807) is 7.11 Å². The fraction of sp³-hybridized carbons (Fsp3) is 0.467. The Balaban J connectivity index is 2.59. The molecule has 5 nitrogen and oxygen atoms in total. The zero-order valence-corrected chi connectivity index (χ0v) is 13.9. The van der Waals surface area contributed by atoms with Crippen molar-refractivity contribution in [2.24, 2.45) is 5.84 Å². The van der Waals surface area contributed by atoms with Gasteiger partial charge in [-0.05, 0) is 48.5 Å². The minimum Gasteiger partial charge on any atom is -0.496 e. The first-order valence-electron chi connectivity index (χ1n) is 6.93. The van der Waals surface area contributed by atoms with Crippen molar-refractivity contribution >= 4 is 11.5 Å². The van der Waals surface area contributed by atoms with Crippen molar-refractivity contribution in [2.45, 2.75) is 39.7 Å². The van der Waals surface area contributed by atoms with Crippen molar-refractivity contribution in [3.8, 4) is 5.75 Å². The first-order chi connectivity index (χ1) is 9.99. The minimum atomic E-state index is -0.169. The molecule has 6 heteroatoms. The maximum Gasteiger partial charge on any atom is 0.124 e. The molecule has 0 saturated carbocycles. The number of benzene rings is 1. The van der Waals surface area contributed by atoms with E-state index >= 15 is 0 Å². The van der Waals surface area contributed by atoms with Gasteiger partial charge in [0.25, 0.3) is 0 Å². The summed E-state index contributed by atoms with van der Waals surface area (Å²) < 4.78 is 9.65. The number of nitrogens with one attached hydrogen (secondary N) is 1. The maximum atomic E-state index is 5.84. The van der Waals surface area contributed by atoms with Gasteiger partial charge < -0.3 is 4.74 Å². The highest BCUT2D eigenvalue weighted by Crippen LogP contribution is 2.37. The predicted molar refractivity (Wildman–Crippen MR) is 85.6 cm³/mol. The average Bonchev–Trinajstić information content (AvgIpc) is 2.90. The molecule has 0 aliphatic heterocycles. The molecule has 1 heterocycles. The Morgan fingerprint density at radius 2 is 2.00 bits per heavy atom. The fourth-order valence-corrected chi connectivity index (χ4v) is 3.45. The van der Waals surface area contributed by atoms with E-state index in [1.165, 1.54) is 11.5 Å². The van der Waals surface area contributed by atoms with E-state index in [1.807, 2.05) is 6.07 Å². The number of rotatable bonds is 5. The van der Waals surface area contributed by atoms with Gasteiger partial charge in [0.2, 0.25) is 0 Å². The highest BCUT2D eigenvalue weighted by Gasteiger charge is 2.26. The van der Waals surface area contributed by atoms with Crippen molar-refractivity contribution in [3.05, 3.63) is 39.4 Å². The van der Waals surface area contributed by atoms with Gasteiger partial charge in [0.15, 0.2) is 0 Å². The highest BCUT2D eigenvalue weighted by molar-refractivity contribution is 7.05. The molecule has 21 heavy (non-hydrogen) atoms. The van der Waals surface area contributed by atoms with Crippen LogP contribution in [0.15, 0.2) is 12.1 Å². The molecule has 0 radical (unpaired) electrons. The van der Waals surface area contributed by atoms with Crippen LogP contribution in [0.4, 0.5) is 0 Å². The zero-order valence-electron chi connectivity index (χ0n) is 13.1. The molecule has 0 aliphatic carbocycles. The Morgan fingerprint density at radius 3 is 2.57 bits per heavy atom. The smallest absolute Gasteiger partial charge is 0.124 e. The molecule has 2 rings (SSSR count). The monoisotopic (exact) mass is 306 g/mol. The van der Waals surface area contributed by atoms with Crippen LogP contribution < -0.4 is 16.0 Å². The summed E-state index contributed by atoms with van der Waals surface area (Å²) >= 11 is 1.38. The van der Waals surface area contributed by atoms with Gasteiger partial charge in [-0.25, -0.2) is 5.43 Å². The summed E-state index contributed by atoms with van der Waals surface area (Å²) in [6.45, 7) is 8.33. The van der Waals surface area contributed by atoms with Crippen molar-refractivity contribution in [1.29, 1.82) is 0 Å². The third kappa shape index (κ3) is 3.07. The topological polar surface area (TPSA) is 73.1 Å². The lowest BCUT2D eigenvalue weighted by molar-refractivity contribution is 0.403. The van der Waals surface area contributed by atoms with Crippen LogP contribution in [0.3, 0.4) is 0 Å². The summed E-state index contributed by atoms with van der Waals surface area (Å²) in [5.74, 6) is 6.97. The van der Waals surface area contributed by atoms with E-state index in [2.05, 4.69) is 48.8 Å². The third-order valence-electron chi connectivity index (χ3n) is 3.52. The number of nitrogens with two attached hydrogens (primary N) is 1. The SMILES string of the molecule is COc1cc(C)cc(C)c1C(NN)c1snnc1C(C)C. The number of aromatic nitrogens is 2. The lowest BCUT2D eigenvalue weighted by atomic mass is 9.95. The molecular formula is C15H22N4OS. The van der Waals surface area contributed by atoms with Crippen LogP contribution in [0.2, 0.25) is 0 Å². The minimum absolute atomic E-state index is 0.169. The summed E-state index contributed by atoms with van der Waals surface area (Å²) in [7, 11) is 1.68. The van der Waals surface area contributed by atoms with Crippen molar-refractivity contribution in [3.63, 3.8) is 0 Å². The van der Waals surface area contributed by atoms with Crippen LogP contribution >= 0.6 is 11.5 Å². The Hall–Kier alpha value is -1.50. The Kier molecular flexibility index (Phi) is 4.92. The van der Waals surface area contributed by atoms with Gasteiger partial charge in [-0.2, -0.15) is 0 Å². The summed E-state index contributed by atoms with van der Waals surface area (Å²) in [6, 6.07) is 3.99. The van der Waals surface area contributed by atoms with Crippen molar-refractivity contribution in [2.75, 3.05) is 7.11 Å². The van der Waals surface area contributed by atoms with Crippen LogP contribution in [0, 0.1) is 13.8 Å². The second-order valence-corrected chi connectivity index (χ2v) is 6.26. The highest BCUT2D eigenvalue weighted by atomic mass is 32.1. The largest absolute Gasteiger partial charge is 0.496 e. The molecule has 0 saturated heterocycles. The lowest BCUT2D eigenvalue weighted by Crippen LogP contribution is -2.30. The number of hydrogen-bond acceptors (Lipinski definition) is 6. The van der Waals surface area contributed by atoms with Crippen molar-refractivity contribution < 1.29 is 4.74 Å². The molecule has 1 unspecified atom stereocenters. The van der Waals surface area contributed by atoms with Crippen molar-refractivity contribution in [1.82, 2.24) is 15.0 Å². The molecule has 0 amide bonds. The molecule has 0 spiro atoms. The van der Waals surface area contributed by atoms with E-state index < -0.39 is 0 Å². The second-order valence-electron chi connectivity index (χ2n) is 5.47. The zero-order chi connectivity index (χ0) is 15.6. The predicted octanol–water partition coefficient (Wildman–Crippen LogP) is 2.84. The summed E-state index contributed by atoms with van der Waals surface area (Å²) in [5, 5.41) is 4.24.